The van der Waals surface area contributed by atoms with Crippen molar-refractivity contribution in [2.75, 3.05) is 72.1 Å². The number of aliphatic carboxylic acids is 2. The Morgan fingerprint density at radius 1 is 0.750 bits per heavy atom. The van der Waals surface area contributed by atoms with Gasteiger partial charge in [0.25, 0.3) is 0 Å². The van der Waals surface area contributed by atoms with Crippen molar-refractivity contribution in [2.24, 2.45) is 0 Å². The molecule has 138 valence electrons. The van der Waals surface area contributed by atoms with Gasteiger partial charge >= 0.3 is 11.9 Å². The molecule has 0 saturated carbocycles. The quantitative estimate of drug-likeness (QED) is 0.571. The number of nitrogens with zero attached hydrogens (tertiary/aromatic N) is 4. The van der Waals surface area contributed by atoms with E-state index >= 15 is 0 Å². The van der Waals surface area contributed by atoms with Crippen LogP contribution in [-0.4, -0.2) is 114 Å². The molecule has 0 aromatic carbocycles. The molecular formula is C15H29N5O4. The van der Waals surface area contributed by atoms with Gasteiger partial charge in [-0.3, -0.25) is 19.4 Å². The number of hydrogen-bond donors (Lipinski definition) is 3. The fraction of sp³-hybridized carbons (Fsp3) is 0.867. The van der Waals surface area contributed by atoms with E-state index in [9.17, 15) is 9.59 Å². The summed E-state index contributed by atoms with van der Waals surface area (Å²) >= 11 is 0. The Balaban J connectivity index is 1.96. The zero-order valence-corrected chi connectivity index (χ0v) is 14.2. The van der Waals surface area contributed by atoms with E-state index in [1.165, 1.54) is 0 Å². The monoisotopic (exact) mass is 343 g/mol. The molecule has 0 radical (unpaired) electrons. The van der Waals surface area contributed by atoms with Crippen molar-refractivity contribution in [3.63, 3.8) is 0 Å². The number of carboxylic acid groups (broad SMARTS) is 2. The van der Waals surface area contributed by atoms with Gasteiger partial charge in [-0.25, -0.2) is 10.4 Å². The molecule has 0 aromatic heterocycles. The molecule has 2 atom stereocenters. The molecule has 0 spiro atoms. The molecular weight excluding hydrogens is 314 g/mol. The zero-order valence-electron chi connectivity index (χ0n) is 14.2. The lowest BCUT2D eigenvalue weighted by Crippen LogP contribution is -2.52. The maximum atomic E-state index is 11.0. The van der Waals surface area contributed by atoms with E-state index in [0.717, 1.165) is 65.2 Å². The Bertz CT molecular complexity index is 385. The highest BCUT2D eigenvalue weighted by molar-refractivity contribution is 5.69. The smallest absolute Gasteiger partial charge is 0.317 e. The van der Waals surface area contributed by atoms with Gasteiger partial charge in [-0.2, -0.15) is 0 Å². The summed E-state index contributed by atoms with van der Waals surface area (Å²) in [4.78, 5) is 28.2. The highest BCUT2D eigenvalue weighted by atomic mass is 16.4. The van der Waals surface area contributed by atoms with Crippen LogP contribution >= 0.6 is 0 Å². The summed E-state index contributed by atoms with van der Waals surface area (Å²) in [5, 5.41) is 20.2. The number of carbonyl (C=O) groups is 2. The van der Waals surface area contributed by atoms with E-state index < -0.39 is 11.9 Å². The van der Waals surface area contributed by atoms with Crippen LogP contribution in [0, 0.1) is 0 Å². The summed E-state index contributed by atoms with van der Waals surface area (Å²) in [7, 11) is 0. The average Bonchev–Trinajstić information content (AvgIpc) is 2.51. The van der Waals surface area contributed by atoms with Gasteiger partial charge in [0, 0.05) is 45.8 Å². The first-order valence-corrected chi connectivity index (χ1v) is 8.62. The molecule has 2 bridgehead atoms. The van der Waals surface area contributed by atoms with Crippen LogP contribution in [0.15, 0.2) is 0 Å². The number of hydrazine groups is 1. The Labute approximate surface area is 142 Å². The largest absolute Gasteiger partial charge is 0.480 e. The highest BCUT2D eigenvalue weighted by Crippen LogP contribution is 2.04. The minimum Gasteiger partial charge on any atom is -0.480 e. The van der Waals surface area contributed by atoms with Gasteiger partial charge in [0.2, 0.25) is 0 Å². The topological polar surface area (TPSA) is 99.6 Å². The van der Waals surface area contributed by atoms with Crippen molar-refractivity contribution in [1.82, 2.24) is 25.1 Å². The summed E-state index contributed by atoms with van der Waals surface area (Å²) in [5.74, 6) is -1.58. The van der Waals surface area contributed by atoms with Gasteiger partial charge in [0.1, 0.15) is 0 Å². The molecule has 9 nitrogen and oxygen atoms in total. The van der Waals surface area contributed by atoms with Gasteiger partial charge in [-0.15, -0.1) is 0 Å². The lowest BCUT2D eigenvalue weighted by molar-refractivity contribution is -0.139. The molecule has 24 heavy (non-hydrogen) atoms. The average molecular weight is 343 g/mol. The van der Waals surface area contributed by atoms with Crippen molar-refractivity contribution in [3.8, 4) is 0 Å². The van der Waals surface area contributed by atoms with E-state index in [1.807, 2.05) is 9.80 Å². The van der Waals surface area contributed by atoms with E-state index in [1.54, 1.807) is 0 Å². The summed E-state index contributed by atoms with van der Waals surface area (Å²) < 4.78 is 0. The SMILES string of the molecule is O=C(O)CN1CCCN2CCN(CCCN(CC(=O)O)CN2)CC1. The Morgan fingerprint density at radius 3 is 2.12 bits per heavy atom. The third kappa shape index (κ3) is 7.10. The fourth-order valence-corrected chi connectivity index (χ4v) is 3.22. The summed E-state index contributed by atoms with van der Waals surface area (Å²) in [6, 6.07) is 0. The third-order valence-corrected chi connectivity index (χ3v) is 4.51. The van der Waals surface area contributed by atoms with E-state index in [0.29, 0.717) is 6.67 Å². The molecule has 2 saturated heterocycles. The minimum atomic E-state index is -0.803. The molecule has 0 aromatic rings. The normalized spacial score (nSPS) is 28.3. The van der Waals surface area contributed by atoms with Gasteiger partial charge in [-0.1, -0.05) is 0 Å². The number of rotatable bonds is 4. The summed E-state index contributed by atoms with van der Waals surface area (Å²) in [5.41, 5.74) is 3.34. The van der Waals surface area contributed by atoms with Crippen LogP contribution in [0.5, 0.6) is 0 Å². The number of hydrogen-bond acceptors (Lipinski definition) is 7. The molecule has 2 rings (SSSR count). The van der Waals surface area contributed by atoms with Crippen LogP contribution in [0.25, 0.3) is 0 Å². The molecule has 2 heterocycles. The van der Waals surface area contributed by atoms with Crippen LogP contribution in [0.4, 0.5) is 0 Å². The first kappa shape index (κ1) is 19.1. The maximum absolute atomic E-state index is 11.0. The predicted octanol–water partition coefficient (Wildman–Crippen LogP) is -1.37. The molecule has 3 N–H and O–H groups in total. The standard InChI is InChI=1S/C15H29N5O4/c21-14(22)11-18-4-2-6-20-10-9-17(7-8-18)3-1-5-19(13-16-20)12-15(23)24/h16H,1-13H2,(H,21,22)(H,23,24). The molecule has 2 unspecified atom stereocenters. The molecule has 2 aliphatic heterocycles. The van der Waals surface area contributed by atoms with E-state index in [-0.39, 0.29) is 13.1 Å². The predicted molar refractivity (Wildman–Crippen MR) is 88.5 cm³/mol. The second-order valence-electron chi connectivity index (χ2n) is 6.47. The van der Waals surface area contributed by atoms with Gasteiger partial charge in [-0.05, 0) is 19.4 Å². The molecule has 9 heteroatoms. The lowest BCUT2D eigenvalue weighted by atomic mass is 10.2. The van der Waals surface area contributed by atoms with Crippen molar-refractivity contribution in [1.29, 1.82) is 0 Å². The third-order valence-electron chi connectivity index (χ3n) is 4.51. The van der Waals surface area contributed by atoms with Crippen LogP contribution in [0.1, 0.15) is 12.8 Å². The van der Waals surface area contributed by atoms with Crippen LogP contribution in [0.2, 0.25) is 0 Å². The second kappa shape index (κ2) is 9.90. The summed E-state index contributed by atoms with van der Waals surface area (Å²) in [6.07, 6.45) is 1.80. The van der Waals surface area contributed by atoms with E-state index in [2.05, 4.69) is 15.3 Å². The fourth-order valence-electron chi connectivity index (χ4n) is 3.22. The van der Waals surface area contributed by atoms with Crippen LogP contribution in [0.3, 0.4) is 0 Å². The Morgan fingerprint density at radius 2 is 1.38 bits per heavy atom. The first-order valence-electron chi connectivity index (χ1n) is 8.62. The molecule has 0 aliphatic carbocycles. The molecule has 2 aliphatic rings. The van der Waals surface area contributed by atoms with Crippen molar-refractivity contribution >= 4 is 11.9 Å². The first-order chi connectivity index (χ1) is 11.5. The van der Waals surface area contributed by atoms with Crippen LogP contribution in [-0.2, 0) is 9.59 Å². The highest BCUT2D eigenvalue weighted by Gasteiger charge is 2.19. The van der Waals surface area contributed by atoms with Crippen molar-refractivity contribution in [3.05, 3.63) is 0 Å². The molecule has 2 fully saturated rings. The second-order valence-corrected chi connectivity index (χ2v) is 6.47. The lowest BCUT2D eigenvalue weighted by Gasteiger charge is -2.35. The van der Waals surface area contributed by atoms with Gasteiger partial charge in [0.15, 0.2) is 0 Å². The summed E-state index contributed by atoms with van der Waals surface area (Å²) in [6.45, 7) is 7.34. The Hall–Kier alpha value is -1.26. The Kier molecular flexibility index (Phi) is 7.86. The van der Waals surface area contributed by atoms with Gasteiger partial charge < -0.3 is 15.1 Å². The minimum absolute atomic E-state index is 0.0488. The number of carboxylic acids is 2. The van der Waals surface area contributed by atoms with E-state index in [4.69, 9.17) is 10.2 Å². The van der Waals surface area contributed by atoms with Gasteiger partial charge in [0.05, 0.1) is 19.8 Å². The maximum Gasteiger partial charge on any atom is 0.317 e. The van der Waals surface area contributed by atoms with Crippen molar-refractivity contribution in [2.45, 2.75) is 12.8 Å². The van der Waals surface area contributed by atoms with Crippen LogP contribution < -0.4 is 5.43 Å². The number of nitrogens with one attached hydrogen (secondary N) is 1. The molecule has 0 amide bonds. The number of fused-ring (bicyclic) bond motifs is 3. The zero-order chi connectivity index (χ0) is 17.4. The van der Waals surface area contributed by atoms with Crippen molar-refractivity contribution < 1.29 is 19.8 Å².